The van der Waals surface area contributed by atoms with E-state index in [9.17, 15) is 13.2 Å². The molecule has 1 aromatic rings. The van der Waals surface area contributed by atoms with Crippen molar-refractivity contribution in [1.29, 1.82) is 0 Å². The summed E-state index contributed by atoms with van der Waals surface area (Å²) in [5.41, 5.74) is 6.62. The summed E-state index contributed by atoms with van der Waals surface area (Å²) in [6.07, 6.45) is 0.607. The molecule has 0 spiro atoms. The highest BCUT2D eigenvalue weighted by Gasteiger charge is 2.27. The summed E-state index contributed by atoms with van der Waals surface area (Å²) in [7, 11) is -2.91. The monoisotopic (exact) mass is 312 g/mol. The predicted molar refractivity (Wildman–Crippen MR) is 81.4 cm³/mol. The zero-order valence-corrected chi connectivity index (χ0v) is 12.5. The molecular weight excluding hydrogens is 296 g/mol. The van der Waals surface area contributed by atoms with Gasteiger partial charge in [-0.3, -0.25) is 4.79 Å². The van der Waals surface area contributed by atoms with Crippen molar-refractivity contribution < 1.29 is 13.2 Å². The number of sulfone groups is 1. The van der Waals surface area contributed by atoms with Gasteiger partial charge in [-0.15, -0.1) is 0 Å². The molecule has 108 valence electrons. The van der Waals surface area contributed by atoms with Crippen molar-refractivity contribution in [2.45, 2.75) is 6.42 Å². The van der Waals surface area contributed by atoms with E-state index in [4.69, 9.17) is 18.0 Å². The fraction of sp³-hybridized carbons (Fsp3) is 0.385. The molecule has 0 bridgehead atoms. The maximum absolute atomic E-state index is 12.0. The first-order valence-electron chi connectivity index (χ1n) is 6.26. The number of nitrogens with one attached hydrogen (secondary N) is 1. The quantitative estimate of drug-likeness (QED) is 0.790. The molecular formula is C13H16N2O3S2. The fourth-order valence-electron chi connectivity index (χ4n) is 2.19. The van der Waals surface area contributed by atoms with E-state index in [-0.39, 0.29) is 28.3 Å². The minimum absolute atomic E-state index is 0.00252. The minimum Gasteiger partial charge on any atom is -0.389 e. The first kappa shape index (κ1) is 14.9. The molecule has 1 aliphatic heterocycles. The van der Waals surface area contributed by atoms with Crippen LogP contribution in [0.3, 0.4) is 0 Å². The van der Waals surface area contributed by atoms with Crippen LogP contribution in [0.15, 0.2) is 24.3 Å². The average Bonchev–Trinajstić information content (AvgIpc) is 2.75. The van der Waals surface area contributed by atoms with E-state index in [0.29, 0.717) is 24.1 Å². The van der Waals surface area contributed by atoms with Crippen LogP contribution in [0.4, 0.5) is 0 Å². The summed E-state index contributed by atoms with van der Waals surface area (Å²) in [6, 6.07) is 6.75. The molecule has 3 N–H and O–H groups in total. The van der Waals surface area contributed by atoms with E-state index in [1.165, 1.54) is 0 Å². The van der Waals surface area contributed by atoms with Gasteiger partial charge in [0.25, 0.3) is 5.91 Å². The molecule has 0 aromatic heterocycles. The van der Waals surface area contributed by atoms with Crippen molar-refractivity contribution in [3.63, 3.8) is 0 Å². The van der Waals surface area contributed by atoms with Gasteiger partial charge in [0, 0.05) is 17.7 Å². The molecule has 1 heterocycles. The third kappa shape index (κ3) is 3.77. The molecule has 0 saturated carbocycles. The minimum atomic E-state index is -2.91. The van der Waals surface area contributed by atoms with Gasteiger partial charge in [0.15, 0.2) is 9.84 Å². The van der Waals surface area contributed by atoms with Gasteiger partial charge in [0.1, 0.15) is 4.99 Å². The number of rotatable bonds is 4. The lowest BCUT2D eigenvalue weighted by atomic mass is 10.1. The summed E-state index contributed by atoms with van der Waals surface area (Å²) in [6.45, 7) is 0.370. The fourth-order valence-corrected chi connectivity index (χ4v) is 4.17. The van der Waals surface area contributed by atoms with Crippen LogP contribution in [0.5, 0.6) is 0 Å². The number of benzene rings is 1. The van der Waals surface area contributed by atoms with E-state index < -0.39 is 9.84 Å². The van der Waals surface area contributed by atoms with Crippen molar-refractivity contribution in [2.24, 2.45) is 11.7 Å². The van der Waals surface area contributed by atoms with Crippen LogP contribution < -0.4 is 11.1 Å². The van der Waals surface area contributed by atoms with E-state index in [1.54, 1.807) is 24.3 Å². The van der Waals surface area contributed by atoms with Gasteiger partial charge in [-0.25, -0.2) is 8.42 Å². The first-order valence-corrected chi connectivity index (χ1v) is 8.49. The predicted octanol–water partition coefficient (Wildman–Crippen LogP) is 0.485. The van der Waals surface area contributed by atoms with Gasteiger partial charge in [-0.1, -0.05) is 24.4 Å². The first-order chi connectivity index (χ1) is 9.37. The number of carbonyl (C=O) groups excluding carboxylic acids is 1. The number of hydrogen-bond donors (Lipinski definition) is 2. The third-order valence-electron chi connectivity index (χ3n) is 3.29. The lowest BCUT2D eigenvalue weighted by Gasteiger charge is -2.10. The van der Waals surface area contributed by atoms with Crippen LogP contribution in [0.2, 0.25) is 0 Å². The van der Waals surface area contributed by atoms with Crippen molar-refractivity contribution in [2.75, 3.05) is 18.1 Å². The molecule has 1 fully saturated rings. The summed E-state index contributed by atoms with van der Waals surface area (Å²) < 4.78 is 22.7. The molecule has 7 heteroatoms. The lowest BCUT2D eigenvalue weighted by Crippen LogP contribution is -2.30. The van der Waals surface area contributed by atoms with Crippen LogP contribution in [-0.2, 0) is 9.84 Å². The Morgan fingerprint density at radius 2 is 2.10 bits per heavy atom. The van der Waals surface area contributed by atoms with E-state index in [0.717, 1.165) is 0 Å². The number of thiocarbonyl (C=S) groups is 1. The SMILES string of the molecule is NC(=S)c1cccc(C(=O)NCC2CCS(=O)(=O)C2)c1. The van der Waals surface area contributed by atoms with Gasteiger partial charge >= 0.3 is 0 Å². The second-order valence-corrected chi connectivity index (χ2v) is 7.59. The zero-order chi connectivity index (χ0) is 14.8. The standard InChI is InChI=1S/C13H16N2O3S2/c14-12(19)10-2-1-3-11(6-10)13(16)15-7-9-4-5-20(17,18)8-9/h1-3,6,9H,4-5,7-8H2,(H2,14,19)(H,15,16). The maximum Gasteiger partial charge on any atom is 0.251 e. The van der Waals surface area contributed by atoms with E-state index in [2.05, 4.69) is 5.32 Å². The Bertz CT molecular complexity index is 641. The topological polar surface area (TPSA) is 89.3 Å². The summed E-state index contributed by atoms with van der Waals surface area (Å²) in [5.74, 6) is 0.125. The highest BCUT2D eigenvalue weighted by atomic mass is 32.2. The van der Waals surface area contributed by atoms with Gasteiger partial charge in [0.2, 0.25) is 0 Å². The van der Waals surface area contributed by atoms with Gasteiger partial charge in [0.05, 0.1) is 11.5 Å². The Morgan fingerprint density at radius 1 is 1.40 bits per heavy atom. The second-order valence-electron chi connectivity index (χ2n) is 4.92. The molecule has 0 radical (unpaired) electrons. The van der Waals surface area contributed by atoms with Crippen molar-refractivity contribution in [3.05, 3.63) is 35.4 Å². The smallest absolute Gasteiger partial charge is 0.251 e. The van der Waals surface area contributed by atoms with Gasteiger partial charge in [-0.05, 0) is 24.5 Å². The highest BCUT2D eigenvalue weighted by molar-refractivity contribution is 7.91. The highest BCUT2D eigenvalue weighted by Crippen LogP contribution is 2.17. The summed E-state index contributed by atoms with van der Waals surface area (Å²) >= 11 is 4.86. The molecule has 20 heavy (non-hydrogen) atoms. The van der Waals surface area contributed by atoms with Crippen LogP contribution in [0, 0.1) is 5.92 Å². The lowest BCUT2D eigenvalue weighted by molar-refractivity contribution is 0.0948. The van der Waals surface area contributed by atoms with Crippen LogP contribution in [-0.4, -0.2) is 37.4 Å². The number of amides is 1. The van der Waals surface area contributed by atoms with Crippen LogP contribution >= 0.6 is 12.2 Å². The Morgan fingerprint density at radius 3 is 2.70 bits per heavy atom. The van der Waals surface area contributed by atoms with Crippen molar-refractivity contribution in [3.8, 4) is 0 Å². The average molecular weight is 312 g/mol. The van der Waals surface area contributed by atoms with E-state index in [1.807, 2.05) is 0 Å². The van der Waals surface area contributed by atoms with Crippen LogP contribution in [0.1, 0.15) is 22.3 Å². The summed E-state index contributed by atoms with van der Waals surface area (Å²) in [5, 5.41) is 2.76. The summed E-state index contributed by atoms with van der Waals surface area (Å²) in [4.78, 5) is 12.2. The second kappa shape index (κ2) is 5.88. The number of nitrogens with two attached hydrogens (primary N) is 1. The molecule has 1 amide bonds. The molecule has 1 aliphatic rings. The molecule has 1 atom stereocenters. The number of hydrogen-bond acceptors (Lipinski definition) is 4. The molecule has 1 unspecified atom stereocenters. The van der Waals surface area contributed by atoms with Crippen molar-refractivity contribution >= 4 is 33.0 Å². The Balaban J connectivity index is 1.95. The van der Waals surface area contributed by atoms with Crippen molar-refractivity contribution in [1.82, 2.24) is 5.32 Å². The Kier molecular flexibility index (Phi) is 4.39. The number of carbonyl (C=O) groups is 1. The maximum atomic E-state index is 12.0. The largest absolute Gasteiger partial charge is 0.389 e. The van der Waals surface area contributed by atoms with Crippen LogP contribution in [0.25, 0.3) is 0 Å². The Hall–Kier alpha value is -1.47. The normalized spacial score (nSPS) is 20.5. The van der Waals surface area contributed by atoms with Gasteiger partial charge < -0.3 is 11.1 Å². The molecule has 0 aliphatic carbocycles. The molecule has 1 aromatic carbocycles. The van der Waals surface area contributed by atoms with Gasteiger partial charge in [-0.2, -0.15) is 0 Å². The molecule has 2 rings (SSSR count). The third-order valence-corrected chi connectivity index (χ3v) is 5.36. The Labute approximate surface area is 123 Å². The van der Waals surface area contributed by atoms with E-state index >= 15 is 0 Å². The zero-order valence-electron chi connectivity index (χ0n) is 10.8. The molecule has 1 saturated heterocycles. The molecule has 5 nitrogen and oxygen atoms in total.